The van der Waals surface area contributed by atoms with Gasteiger partial charge in [-0.1, -0.05) is 38.1 Å². The Hall–Kier alpha value is -3.35. The van der Waals surface area contributed by atoms with Gasteiger partial charge in [0.2, 0.25) is 11.8 Å². The van der Waals surface area contributed by atoms with Crippen LogP contribution in [0, 0.1) is 5.92 Å². The van der Waals surface area contributed by atoms with E-state index in [2.05, 4.69) is 10.6 Å². The molecule has 0 aliphatic carbocycles. The number of benzene rings is 2. The number of para-hydroxylation sites is 2. The fourth-order valence-corrected chi connectivity index (χ4v) is 2.77. The van der Waals surface area contributed by atoms with E-state index in [1.165, 1.54) is 4.57 Å². The monoisotopic (exact) mass is 381 g/mol. The highest BCUT2D eigenvalue weighted by atomic mass is 16.4. The molecule has 1 aromatic heterocycles. The topological polar surface area (TPSA) is 93.3 Å². The molecular formula is C21H23N3O4. The zero-order valence-corrected chi connectivity index (χ0v) is 15.9. The van der Waals surface area contributed by atoms with Gasteiger partial charge in [0.05, 0.1) is 5.52 Å². The molecule has 2 N–H and O–H groups in total. The van der Waals surface area contributed by atoms with Gasteiger partial charge in [-0.15, -0.1) is 0 Å². The van der Waals surface area contributed by atoms with E-state index in [1.54, 1.807) is 18.2 Å². The molecule has 0 radical (unpaired) electrons. The van der Waals surface area contributed by atoms with E-state index in [1.807, 2.05) is 44.2 Å². The third-order valence-corrected chi connectivity index (χ3v) is 4.34. The second-order valence-electron chi connectivity index (χ2n) is 6.86. The van der Waals surface area contributed by atoms with Crippen molar-refractivity contribution in [2.45, 2.75) is 33.4 Å². The SMILES string of the molecule is CC(C)C(=O)Nc1cccc(CNC(=O)CCn2c(=O)oc3ccccc32)c1. The van der Waals surface area contributed by atoms with Crippen molar-refractivity contribution in [3.05, 3.63) is 64.6 Å². The molecule has 0 fully saturated rings. The molecule has 1 heterocycles. The normalized spacial score (nSPS) is 11.0. The van der Waals surface area contributed by atoms with Gasteiger partial charge in [-0.3, -0.25) is 14.2 Å². The summed E-state index contributed by atoms with van der Waals surface area (Å²) in [6.45, 7) is 4.24. The summed E-state index contributed by atoms with van der Waals surface area (Å²) >= 11 is 0. The largest absolute Gasteiger partial charge is 0.419 e. The Labute approximate surface area is 162 Å². The van der Waals surface area contributed by atoms with Crippen molar-refractivity contribution in [1.82, 2.24) is 9.88 Å². The fourth-order valence-electron chi connectivity index (χ4n) is 2.77. The number of nitrogens with one attached hydrogen (secondary N) is 2. The van der Waals surface area contributed by atoms with Gasteiger partial charge in [-0.2, -0.15) is 0 Å². The Bertz CT molecular complexity index is 1050. The highest BCUT2D eigenvalue weighted by Gasteiger charge is 2.11. The van der Waals surface area contributed by atoms with Gasteiger partial charge in [0.1, 0.15) is 0 Å². The van der Waals surface area contributed by atoms with Crippen LogP contribution in [0.15, 0.2) is 57.7 Å². The van der Waals surface area contributed by atoms with Crippen LogP contribution in [0.25, 0.3) is 11.1 Å². The molecule has 28 heavy (non-hydrogen) atoms. The number of carbonyl (C=O) groups excluding carboxylic acids is 2. The second-order valence-corrected chi connectivity index (χ2v) is 6.86. The molecular weight excluding hydrogens is 358 g/mol. The number of nitrogens with zero attached hydrogens (tertiary/aromatic N) is 1. The van der Waals surface area contributed by atoms with Crippen LogP contribution in [-0.2, 0) is 22.7 Å². The lowest BCUT2D eigenvalue weighted by atomic mass is 10.1. The maximum absolute atomic E-state index is 12.2. The van der Waals surface area contributed by atoms with Gasteiger partial charge < -0.3 is 15.1 Å². The molecule has 146 valence electrons. The number of fused-ring (bicyclic) bond motifs is 1. The summed E-state index contributed by atoms with van der Waals surface area (Å²) in [5.41, 5.74) is 2.75. The first-order valence-electron chi connectivity index (χ1n) is 9.19. The Kier molecular flexibility index (Phi) is 5.93. The summed E-state index contributed by atoms with van der Waals surface area (Å²) < 4.78 is 6.62. The van der Waals surface area contributed by atoms with Gasteiger partial charge in [-0.05, 0) is 29.8 Å². The number of aryl methyl sites for hydroxylation is 1. The first-order valence-corrected chi connectivity index (χ1v) is 9.19. The third kappa shape index (κ3) is 4.68. The molecule has 7 nitrogen and oxygen atoms in total. The predicted molar refractivity (Wildman–Crippen MR) is 107 cm³/mol. The molecule has 0 saturated heterocycles. The number of hydrogen-bond donors (Lipinski definition) is 2. The molecule has 0 bridgehead atoms. The molecule has 0 unspecified atom stereocenters. The van der Waals surface area contributed by atoms with Crippen molar-refractivity contribution in [2.75, 3.05) is 5.32 Å². The quantitative estimate of drug-likeness (QED) is 0.658. The molecule has 7 heteroatoms. The number of aromatic nitrogens is 1. The Balaban J connectivity index is 1.55. The lowest BCUT2D eigenvalue weighted by Crippen LogP contribution is -2.26. The minimum Gasteiger partial charge on any atom is -0.408 e. The van der Waals surface area contributed by atoms with Crippen LogP contribution in [0.4, 0.5) is 5.69 Å². The van der Waals surface area contributed by atoms with E-state index in [-0.39, 0.29) is 30.7 Å². The van der Waals surface area contributed by atoms with E-state index < -0.39 is 5.76 Å². The van der Waals surface area contributed by atoms with E-state index in [0.29, 0.717) is 23.3 Å². The van der Waals surface area contributed by atoms with E-state index in [9.17, 15) is 14.4 Å². The van der Waals surface area contributed by atoms with E-state index in [0.717, 1.165) is 5.56 Å². The zero-order chi connectivity index (χ0) is 20.1. The van der Waals surface area contributed by atoms with Crippen molar-refractivity contribution in [1.29, 1.82) is 0 Å². The minimum atomic E-state index is -0.470. The molecule has 3 rings (SSSR count). The molecule has 0 saturated carbocycles. The van der Waals surface area contributed by atoms with Gasteiger partial charge in [0.15, 0.2) is 5.58 Å². The van der Waals surface area contributed by atoms with Crippen LogP contribution in [0.1, 0.15) is 25.8 Å². The maximum atomic E-state index is 12.2. The van der Waals surface area contributed by atoms with Gasteiger partial charge in [0, 0.05) is 31.1 Å². The highest BCUT2D eigenvalue weighted by Crippen LogP contribution is 2.13. The summed E-state index contributed by atoms with van der Waals surface area (Å²) in [7, 11) is 0. The van der Waals surface area contributed by atoms with Crippen LogP contribution >= 0.6 is 0 Å². The Morgan fingerprint density at radius 2 is 1.89 bits per heavy atom. The Morgan fingerprint density at radius 3 is 2.68 bits per heavy atom. The number of rotatable bonds is 7. The predicted octanol–water partition coefficient (Wildman–Crippen LogP) is 2.90. The van der Waals surface area contributed by atoms with Gasteiger partial charge in [-0.25, -0.2) is 4.79 Å². The first-order chi connectivity index (χ1) is 13.4. The summed E-state index contributed by atoms with van der Waals surface area (Å²) in [5.74, 6) is -0.805. The zero-order valence-electron chi connectivity index (χ0n) is 15.9. The number of amides is 2. The van der Waals surface area contributed by atoms with E-state index >= 15 is 0 Å². The van der Waals surface area contributed by atoms with Crippen LogP contribution in [-0.4, -0.2) is 16.4 Å². The molecule has 0 atom stereocenters. The summed E-state index contributed by atoms with van der Waals surface area (Å²) in [6.07, 6.45) is 0.160. The summed E-state index contributed by atoms with van der Waals surface area (Å²) in [6, 6.07) is 14.5. The first kappa shape index (κ1) is 19.4. The molecule has 2 amide bonds. The highest BCUT2D eigenvalue weighted by molar-refractivity contribution is 5.92. The number of oxazole rings is 1. The number of carbonyl (C=O) groups is 2. The second kappa shape index (κ2) is 8.56. The van der Waals surface area contributed by atoms with Gasteiger partial charge in [0.25, 0.3) is 0 Å². The van der Waals surface area contributed by atoms with Crippen molar-refractivity contribution >= 4 is 28.6 Å². The average Bonchev–Trinajstić information content (AvgIpc) is 3.00. The van der Waals surface area contributed by atoms with Crippen LogP contribution in [0.5, 0.6) is 0 Å². The summed E-state index contributed by atoms with van der Waals surface area (Å²) in [5, 5.41) is 5.67. The summed E-state index contributed by atoms with van der Waals surface area (Å²) in [4.78, 5) is 35.9. The lowest BCUT2D eigenvalue weighted by molar-refractivity contribution is -0.121. The molecule has 0 spiro atoms. The van der Waals surface area contributed by atoms with Crippen molar-refractivity contribution in [2.24, 2.45) is 5.92 Å². The smallest absolute Gasteiger partial charge is 0.408 e. The van der Waals surface area contributed by atoms with Crippen LogP contribution in [0.2, 0.25) is 0 Å². The standard InChI is InChI=1S/C21H23N3O4/c1-14(2)20(26)23-16-7-5-6-15(12-16)13-22-19(25)10-11-24-17-8-3-4-9-18(17)28-21(24)27/h3-9,12,14H,10-11,13H2,1-2H3,(H,22,25)(H,23,26). The van der Waals surface area contributed by atoms with Crippen LogP contribution < -0.4 is 16.4 Å². The van der Waals surface area contributed by atoms with Crippen molar-refractivity contribution in [3.63, 3.8) is 0 Å². The van der Waals surface area contributed by atoms with Crippen molar-refractivity contribution in [3.8, 4) is 0 Å². The molecule has 0 aliphatic rings. The third-order valence-electron chi connectivity index (χ3n) is 4.34. The lowest BCUT2D eigenvalue weighted by Gasteiger charge is -2.10. The maximum Gasteiger partial charge on any atom is 0.419 e. The minimum absolute atomic E-state index is 0.0565. The fraction of sp³-hybridized carbons (Fsp3) is 0.286. The number of hydrogen-bond acceptors (Lipinski definition) is 4. The number of anilines is 1. The van der Waals surface area contributed by atoms with Gasteiger partial charge >= 0.3 is 5.76 Å². The van der Waals surface area contributed by atoms with Crippen molar-refractivity contribution < 1.29 is 14.0 Å². The molecule has 2 aromatic carbocycles. The molecule has 3 aromatic rings. The average molecular weight is 381 g/mol. The molecule has 0 aliphatic heterocycles. The van der Waals surface area contributed by atoms with E-state index in [4.69, 9.17) is 4.42 Å². The Morgan fingerprint density at radius 1 is 1.11 bits per heavy atom. The van der Waals surface area contributed by atoms with Crippen LogP contribution in [0.3, 0.4) is 0 Å².